The molecule has 23 heavy (non-hydrogen) atoms. The first-order valence-corrected chi connectivity index (χ1v) is 10.7. The summed E-state index contributed by atoms with van der Waals surface area (Å²) in [5, 5.41) is 0. The van der Waals surface area contributed by atoms with Crippen molar-refractivity contribution in [2.45, 2.75) is 75.0 Å². The van der Waals surface area contributed by atoms with E-state index in [0.29, 0.717) is 25.9 Å². The van der Waals surface area contributed by atoms with Crippen LogP contribution in [0.2, 0.25) is 0 Å². The molecule has 2 saturated carbocycles. The van der Waals surface area contributed by atoms with Crippen LogP contribution in [-0.4, -0.2) is 48.4 Å². The summed E-state index contributed by atoms with van der Waals surface area (Å²) in [5.41, 5.74) is 5.93. The Morgan fingerprint density at radius 1 is 1.09 bits per heavy atom. The van der Waals surface area contributed by atoms with Gasteiger partial charge in [0.05, 0.1) is 16.4 Å². The molecule has 2 atom stereocenters. The second kappa shape index (κ2) is 6.03. The highest BCUT2D eigenvalue weighted by Gasteiger charge is 2.50. The molecule has 0 aromatic rings. The number of carbonyl (C=O) groups excluding carboxylic acids is 1. The summed E-state index contributed by atoms with van der Waals surface area (Å²) in [5.74, 6) is 0.0551. The van der Waals surface area contributed by atoms with Gasteiger partial charge in [-0.1, -0.05) is 32.1 Å². The Bertz CT molecular complexity index is 564. The van der Waals surface area contributed by atoms with Gasteiger partial charge in [0.1, 0.15) is 0 Å². The van der Waals surface area contributed by atoms with Crippen molar-refractivity contribution in [3.05, 3.63) is 0 Å². The van der Waals surface area contributed by atoms with Gasteiger partial charge in [0.25, 0.3) is 0 Å². The van der Waals surface area contributed by atoms with E-state index in [1.165, 1.54) is 0 Å². The molecule has 2 N–H and O–H groups in total. The zero-order valence-electron chi connectivity index (χ0n) is 14.2. The van der Waals surface area contributed by atoms with Gasteiger partial charge in [-0.05, 0) is 32.6 Å². The Balaban J connectivity index is 1.80. The van der Waals surface area contributed by atoms with Crippen molar-refractivity contribution in [1.29, 1.82) is 0 Å². The number of nitrogens with two attached hydrogens (primary N) is 1. The Morgan fingerprint density at radius 2 is 1.74 bits per heavy atom. The van der Waals surface area contributed by atoms with Crippen molar-refractivity contribution < 1.29 is 13.2 Å². The highest BCUT2D eigenvalue weighted by molar-refractivity contribution is 7.92. The fourth-order valence-corrected chi connectivity index (χ4v) is 6.97. The van der Waals surface area contributed by atoms with Crippen LogP contribution in [0, 0.1) is 5.92 Å². The molecule has 3 fully saturated rings. The van der Waals surface area contributed by atoms with E-state index in [-0.39, 0.29) is 17.6 Å². The van der Waals surface area contributed by atoms with Crippen molar-refractivity contribution in [1.82, 2.24) is 4.90 Å². The normalized spacial score (nSPS) is 36.8. The van der Waals surface area contributed by atoms with Crippen molar-refractivity contribution >= 4 is 15.7 Å². The standard InChI is InChI=1S/C17H30N2O3S/c1-16(18)8-6-3-7-14(16)15(20)19-11-12-23(21,22)17(13-19)9-4-2-5-10-17/h14H,2-13,18H2,1H3. The topological polar surface area (TPSA) is 80.5 Å². The second-order valence-corrected chi connectivity index (χ2v) is 10.6. The third-order valence-electron chi connectivity index (χ3n) is 6.40. The molecule has 3 aliphatic rings. The molecular formula is C17H30N2O3S. The zero-order chi connectivity index (χ0) is 16.7. The maximum Gasteiger partial charge on any atom is 0.227 e. The van der Waals surface area contributed by atoms with Crippen molar-refractivity contribution in [3.63, 3.8) is 0 Å². The highest BCUT2D eigenvalue weighted by atomic mass is 32.2. The van der Waals surface area contributed by atoms with E-state index < -0.39 is 20.1 Å². The number of hydrogen-bond acceptors (Lipinski definition) is 4. The fraction of sp³-hybridized carbons (Fsp3) is 0.941. The first-order valence-electron chi connectivity index (χ1n) is 9.07. The van der Waals surface area contributed by atoms with E-state index in [0.717, 1.165) is 44.9 Å². The van der Waals surface area contributed by atoms with Crippen LogP contribution in [0.25, 0.3) is 0 Å². The quantitative estimate of drug-likeness (QED) is 0.788. The van der Waals surface area contributed by atoms with Crippen molar-refractivity contribution in [2.24, 2.45) is 11.7 Å². The smallest absolute Gasteiger partial charge is 0.227 e. The minimum atomic E-state index is -3.10. The van der Waals surface area contributed by atoms with Crippen LogP contribution in [0.4, 0.5) is 0 Å². The SMILES string of the molecule is CC1(N)CCCCC1C(=O)N1CCS(=O)(=O)C2(CCCCC2)C1. The lowest BCUT2D eigenvalue weighted by atomic mass is 9.73. The van der Waals surface area contributed by atoms with Gasteiger partial charge in [-0.2, -0.15) is 0 Å². The van der Waals surface area contributed by atoms with E-state index in [9.17, 15) is 13.2 Å². The largest absolute Gasteiger partial charge is 0.340 e. The van der Waals surface area contributed by atoms with Crippen LogP contribution in [0.5, 0.6) is 0 Å². The van der Waals surface area contributed by atoms with Crippen LogP contribution in [0.1, 0.15) is 64.7 Å². The van der Waals surface area contributed by atoms with Gasteiger partial charge in [0.15, 0.2) is 9.84 Å². The summed E-state index contributed by atoms with van der Waals surface area (Å²) in [4.78, 5) is 14.9. The fourth-order valence-electron chi connectivity index (χ4n) is 4.81. The lowest BCUT2D eigenvalue weighted by molar-refractivity contribution is -0.139. The summed E-state index contributed by atoms with van der Waals surface area (Å²) in [7, 11) is -3.10. The van der Waals surface area contributed by atoms with Gasteiger partial charge in [-0.25, -0.2) is 8.42 Å². The van der Waals surface area contributed by atoms with E-state index in [4.69, 9.17) is 5.73 Å². The minimum Gasteiger partial charge on any atom is -0.340 e. The maximum absolute atomic E-state index is 13.1. The molecule has 2 unspecified atom stereocenters. The average molecular weight is 343 g/mol. The lowest BCUT2D eigenvalue weighted by Gasteiger charge is -2.47. The van der Waals surface area contributed by atoms with Crippen LogP contribution < -0.4 is 5.73 Å². The van der Waals surface area contributed by atoms with Crippen LogP contribution in [-0.2, 0) is 14.6 Å². The molecular weight excluding hydrogens is 312 g/mol. The first kappa shape index (κ1) is 17.2. The number of hydrogen-bond donors (Lipinski definition) is 1. The molecule has 1 heterocycles. The Kier molecular flexibility index (Phi) is 4.51. The molecule has 2 aliphatic carbocycles. The number of nitrogens with zero attached hydrogens (tertiary/aromatic N) is 1. The number of amides is 1. The summed E-state index contributed by atoms with van der Waals surface area (Å²) in [6, 6.07) is 0. The molecule has 1 amide bonds. The van der Waals surface area contributed by atoms with Gasteiger partial charge in [0.2, 0.25) is 5.91 Å². The van der Waals surface area contributed by atoms with Crippen LogP contribution in [0.3, 0.4) is 0 Å². The molecule has 1 saturated heterocycles. The highest BCUT2D eigenvalue weighted by Crippen LogP contribution is 2.40. The Labute approximate surface area is 139 Å². The number of carbonyl (C=O) groups is 1. The summed E-state index contributed by atoms with van der Waals surface area (Å²) in [6.07, 6.45) is 8.28. The van der Waals surface area contributed by atoms with Gasteiger partial charge in [-0.15, -0.1) is 0 Å². The Hall–Kier alpha value is -0.620. The maximum atomic E-state index is 13.1. The van der Waals surface area contributed by atoms with E-state index in [2.05, 4.69) is 0 Å². The minimum absolute atomic E-state index is 0.0922. The first-order chi connectivity index (χ1) is 10.8. The monoisotopic (exact) mass is 342 g/mol. The predicted octanol–water partition coefficient (Wildman–Crippen LogP) is 1.85. The van der Waals surface area contributed by atoms with E-state index in [1.54, 1.807) is 0 Å². The predicted molar refractivity (Wildman–Crippen MR) is 90.7 cm³/mol. The van der Waals surface area contributed by atoms with Crippen LogP contribution in [0.15, 0.2) is 0 Å². The molecule has 5 nitrogen and oxygen atoms in total. The molecule has 1 aliphatic heterocycles. The summed E-state index contributed by atoms with van der Waals surface area (Å²) < 4.78 is 24.7. The average Bonchev–Trinajstić information content (AvgIpc) is 2.50. The van der Waals surface area contributed by atoms with Gasteiger partial charge < -0.3 is 10.6 Å². The zero-order valence-corrected chi connectivity index (χ0v) is 15.0. The molecule has 1 spiro atoms. The molecule has 0 bridgehead atoms. The molecule has 0 aromatic heterocycles. The Morgan fingerprint density at radius 3 is 2.39 bits per heavy atom. The van der Waals surface area contributed by atoms with E-state index >= 15 is 0 Å². The van der Waals surface area contributed by atoms with Crippen LogP contribution >= 0.6 is 0 Å². The summed E-state index contributed by atoms with van der Waals surface area (Å²) >= 11 is 0. The van der Waals surface area contributed by atoms with Gasteiger partial charge in [-0.3, -0.25) is 4.79 Å². The molecule has 3 rings (SSSR count). The molecule has 0 radical (unpaired) electrons. The summed E-state index contributed by atoms with van der Waals surface area (Å²) in [6.45, 7) is 2.71. The van der Waals surface area contributed by atoms with Crippen molar-refractivity contribution in [2.75, 3.05) is 18.8 Å². The van der Waals surface area contributed by atoms with Gasteiger partial charge >= 0.3 is 0 Å². The lowest BCUT2D eigenvalue weighted by Crippen LogP contribution is -2.62. The molecule has 0 aromatic carbocycles. The molecule has 132 valence electrons. The second-order valence-electron chi connectivity index (χ2n) is 8.13. The third-order valence-corrected chi connectivity index (χ3v) is 8.97. The number of rotatable bonds is 1. The third kappa shape index (κ3) is 3.04. The number of sulfone groups is 1. The van der Waals surface area contributed by atoms with E-state index in [1.807, 2.05) is 11.8 Å². The van der Waals surface area contributed by atoms with Gasteiger partial charge in [0, 0.05) is 18.6 Å². The molecule has 6 heteroatoms. The van der Waals surface area contributed by atoms with Crippen molar-refractivity contribution in [3.8, 4) is 0 Å².